The third kappa shape index (κ3) is 5.08. The van der Waals surface area contributed by atoms with Crippen LogP contribution in [0.2, 0.25) is 0 Å². The molecule has 1 N–H and O–H groups in total. The second kappa shape index (κ2) is 8.48. The van der Waals surface area contributed by atoms with Crippen molar-refractivity contribution in [1.82, 2.24) is 5.32 Å². The maximum absolute atomic E-state index is 12.9. The van der Waals surface area contributed by atoms with Gasteiger partial charge in [-0.1, -0.05) is 31.2 Å². The second-order valence-corrected chi connectivity index (χ2v) is 5.95. The Balaban J connectivity index is 1.89. The van der Waals surface area contributed by atoms with Crippen LogP contribution < -0.4 is 10.1 Å². The van der Waals surface area contributed by atoms with Gasteiger partial charge in [0, 0.05) is 6.54 Å². The number of carbonyl (C=O) groups excluding carboxylic acids is 1. The number of nitrogens with one attached hydrogen (secondary N) is 1. The van der Waals surface area contributed by atoms with E-state index in [2.05, 4.69) is 5.32 Å². The second-order valence-electron chi connectivity index (χ2n) is 5.95. The van der Waals surface area contributed by atoms with Crippen molar-refractivity contribution in [2.45, 2.75) is 39.7 Å². The van der Waals surface area contributed by atoms with Crippen LogP contribution in [0.25, 0.3) is 0 Å². The van der Waals surface area contributed by atoms with Crippen molar-refractivity contribution in [2.24, 2.45) is 0 Å². The van der Waals surface area contributed by atoms with Gasteiger partial charge < -0.3 is 10.1 Å². The lowest BCUT2D eigenvalue weighted by Crippen LogP contribution is -2.39. The molecule has 0 unspecified atom stereocenters. The molecule has 0 saturated carbocycles. The Morgan fingerprint density at radius 1 is 1.17 bits per heavy atom. The summed E-state index contributed by atoms with van der Waals surface area (Å²) in [5.41, 5.74) is 3.10. The molecule has 0 aromatic heterocycles. The van der Waals surface area contributed by atoms with E-state index in [9.17, 15) is 9.18 Å². The van der Waals surface area contributed by atoms with Crippen LogP contribution >= 0.6 is 0 Å². The van der Waals surface area contributed by atoms with Crippen LogP contribution in [0.15, 0.2) is 42.5 Å². The third-order valence-corrected chi connectivity index (χ3v) is 3.90. The minimum absolute atomic E-state index is 0.125. The van der Waals surface area contributed by atoms with Gasteiger partial charge in [0.25, 0.3) is 5.91 Å². The zero-order valence-electron chi connectivity index (χ0n) is 14.4. The summed E-state index contributed by atoms with van der Waals surface area (Å²) in [6.45, 7) is 6.39. The average Bonchev–Trinajstić information content (AvgIpc) is 2.57. The van der Waals surface area contributed by atoms with Gasteiger partial charge in [-0.3, -0.25) is 4.79 Å². The van der Waals surface area contributed by atoms with E-state index in [1.807, 2.05) is 39.0 Å². The number of benzene rings is 2. The first-order chi connectivity index (χ1) is 11.5. The normalized spacial score (nSPS) is 11.8. The Labute approximate surface area is 142 Å². The van der Waals surface area contributed by atoms with Gasteiger partial charge in [0.1, 0.15) is 11.6 Å². The maximum atomic E-state index is 12.9. The lowest BCUT2D eigenvalue weighted by atomic mass is 10.1. The largest absolute Gasteiger partial charge is 0.480 e. The molecule has 1 amide bonds. The van der Waals surface area contributed by atoms with Crippen LogP contribution in [-0.4, -0.2) is 18.6 Å². The monoisotopic (exact) mass is 329 g/mol. The van der Waals surface area contributed by atoms with Crippen molar-refractivity contribution in [2.75, 3.05) is 6.54 Å². The molecular formula is C20H24FNO2. The van der Waals surface area contributed by atoms with Crippen LogP contribution in [0.1, 0.15) is 30.0 Å². The Kier molecular flexibility index (Phi) is 6.36. The average molecular weight is 329 g/mol. The van der Waals surface area contributed by atoms with Gasteiger partial charge in [0.15, 0.2) is 6.10 Å². The fourth-order valence-corrected chi connectivity index (χ4v) is 2.40. The van der Waals surface area contributed by atoms with E-state index in [0.717, 1.165) is 22.4 Å². The standard InChI is InChI=1S/C20H24FNO2/c1-4-18(24-19-13-14(2)5-6-15(19)3)20(23)22-12-11-16-7-9-17(21)10-8-16/h5-10,13,18H,4,11-12H2,1-3H3,(H,22,23)/t18-/m1/s1. The molecule has 2 aromatic carbocycles. The highest BCUT2D eigenvalue weighted by Crippen LogP contribution is 2.21. The van der Waals surface area contributed by atoms with Gasteiger partial charge in [-0.25, -0.2) is 4.39 Å². The molecule has 128 valence electrons. The molecule has 0 aliphatic carbocycles. The summed E-state index contributed by atoms with van der Waals surface area (Å²) in [5, 5.41) is 2.89. The molecule has 0 radical (unpaired) electrons. The number of amides is 1. The van der Waals surface area contributed by atoms with Crippen LogP contribution in [0, 0.1) is 19.7 Å². The number of ether oxygens (including phenoxy) is 1. The van der Waals surface area contributed by atoms with Crippen molar-refractivity contribution in [3.63, 3.8) is 0 Å². The zero-order valence-corrected chi connectivity index (χ0v) is 14.4. The Bertz CT molecular complexity index is 683. The van der Waals surface area contributed by atoms with Crippen LogP contribution in [-0.2, 0) is 11.2 Å². The first-order valence-corrected chi connectivity index (χ1v) is 8.25. The SMILES string of the molecule is CC[C@@H](Oc1cc(C)ccc1C)C(=O)NCCc1ccc(F)cc1. The maximum Gasteiger partial charge on any atom is 0.261 e. The number of rotatable bonds is 7. The Morgan fingerprint density at radius 2 is 1.88 bits per heavy atom. The molecule has 1 atom stereocenters. The summed E-state index contributed by atoms with van der Waals surface area (Å²) in [7, 11) is 0. The quantitative estimate of drug-likeness (QED) is 0.835. The predicted octanol–water partition coefficient (Wildman–Crippen LogP) is 3.96. The summed E-state index contributed by atoms with van der Waals surface area (Å²) in [6.07, 6.45) is 0.737. The third-order valence-electron chi connectivity index (χ3n) is 3.90. The number of carbonyl (C=O) groups is 1. The van der Waals surface area contributed by atoms with Gasteiger partial charge in [0.2, 0.25) is 0 Å². The highest BCUT2D eigenvalue weighted by atomic mass is 19.1. The number of halogens is 1. The van der Waals surface area contributed by atoms with E-state index in [0.29, 0.717) is 19.4 Å². The van der Waals surface area contributed by atoms with Gasteiger partial charge in [-0.2, -0.15) is 0 Å². The van der Waals surface area contributed by atoms with E-state index < -0.39 is 6.10 Å². The predicted molar refractivity (Wildman–Crippen MR) is 93.7 cm³/mol. The number of aryl methyl sites for hydroxylation is 2. The molecule has 0 aliphatic rings. The van der Waals surface area contributed by atoms with Crippen molar-refractivity contribution in [3.8, 4) is 5.75 Å². The van der Waals surface area contributed by atoms with E-state index in [-0.39, 0.29) is 11.7 Å². The summed E-state index contributed by atoms with van der Waals surface area (Å²) >= 11 is 0. The summed E-state index contributed by atoms with van der Waals surface area (Å²) in [4.78, 5) is 12.3. The minimum atomic E-state index is -0.515. The van der Waals surface area contributed by atoms with E-state index >= 15 is 0 Å². The summed E-state index contributed by atoms with van der Waals surface area (Å²) in [6, 6.07) is 12.3. The lowest BCUT2D eigenvalue weighted by Gasteiger charge is -2.19. The Morgan fingerprint density at radius 3 is 2.54 bits per heavy atom. The minimum Gasteiger partial charge on any atom is -0.480 e. The molecule has 0 bridgehead atoms. The molecule has 0 aliphatic heterocycles. The summed E-state index contributed by atoms with van der Waals surface area (Å²) in [5.74, 6) is 0.367. The van der Waals surface area contributed by atoms with Gasteiger partial charge in [-0.05, 0) is 61.6 Å². The molecule has 0 spiro atoms. The van der Waals surface area contributed by atoms with Crippen LogP contribution in [0.4, 0.5) is 4.39 Å². The summed E-state index contributed by atoms with van der Waals surface area (Å²) < 4.78 is 18.8. The molecule has 0 saturated heterocycles. The molecule has 2 rings (SSSR count). The molecule has 0 heterocycles. The molecule has 2 aromatic rings. The van der Waals surface area contributed by atoms with E-state index in [1.165, 1.54) is 12.1 Å². The van der Waals surface area contributed by atoms with E-state index in [4.69, 9.17) is 4.74 Å². The van der Waals surface area contributed by atoms with Gasteiger partial charge in [-0.15, -0.1) is 0 Å². The van der Waals surface area contributed by atoms with Crippen molar-refractivity contribution < 1.29 is 13.9 Å². The van der Waals surface area contributed by atoms with E-state index in [1.54, 1.807) is 12.1 Å². The van der Waals surface area contributed by atoms with Gasteiger partial charge in [0.05, 0.1) is 0 Å². The smallest absolute Gasteiger partial charge is 0.261 e. The van der Waals surface area contributed by atoms with Crippen LogP contribution in [0.3, 0.4) is 0 Å². The first-order valence-electron chi connectivity index (χ1n) is 8.25. The number of hydrogen-bond acceptors (Lipinski definition) is 2. The molecule has 4 heteroatoms. The molecule has 3 nitrogen and oxygen atoms in total. The van der Waals surface area contributed by atoms with Crippen molar-refractivity contribution in [3.05, 3.63) is 65.0 Å². The van der Waals surface area contributed by atoms with Crippen LogP contribution in [0.5, 0.6) is 5.75 Å². The topological polar surface area (TPSA) is 38.3 Å². The highest BCUT2D eigenvalue weighted by molar-refractivity contribution is 5.81. The lowest BCUT2D eigenvalue weighted by molar-refractivity contribution is -0.128. The fourth-order valence-electron chi connectivity index (χ4n) is 2.40. The van der Waals surface area contributed by atoms with Crippen molar-refractivity contribution >= 4 is 5.91 Å². The number of hydrogen-bond donors (Lipinski definition) is 1. The fraction of sp³-hybridized carbons (Fsp3) is 0.350. The highest BCUT2D eigenvalue weighted by Gasteiger charge is 2.18. The molecule has 24 heavy (non-hydrogen) atoms. The zero-order chi connectivity index (χ0) is 17.5. The Hall–Kier alpha value is -2.36. The molecular weight excluding hydrogens is 305 g/mol. The molecule has 0 fully saturated rings. The first kappa shape index (κ1) is 18.0. The van der Waals surface area contributed by atoms with Gasteiger partial charge >= 0.3 is 0 Å². The van der Waals surface area contributed by atoms with Crippen molar-refractivity contribution in [1.29, 1.82) is 0 Å².